The Balaban J connectivity index is 1.43. The molecule has 2 aliphatic heterocycles. The quantitative estimate of drug-likeness (QED) is 0.0540. The maximum Gasteiger partial charge on any atom is 0.475 e. The molecule has 3 aliphatic rings. The largest absolute Gasteiger partial charge is 0.480 e. The number of nitrogens with zero attached hydrogens (tertiary/aromatic N) is 5. The first-order valence-corrected chi connectivity index (χ1v) is 20.7. The number of carbonyl (C=O) groups is 8. The predicted octanol–water partition coefficient (Wildman–Crippen LogP) is -3.37. The van der Waals surface area contributed by atoms with Crippen molar-refractivity contribution in [3.63, 3.8) is 0 Å². The second-order valence-electron chi connectivity index (χ2n) is 15.9. The highest BCUT2D eigenvalue weighted by Gasteiger charge is 2.39. The van der Waals surface area contributed by atoms with Crippen LogP contribution in [0.2, 0.25) is 0 Å². The van der Waals surface area contributed by atoms with Gasteiger partial charge in [-0.1, -0.05) is 0 Å². The summed E-state index contributed by atoms with van der Waals surface area (Å²) in [6.45, 7) is 2.46. The normalized spacial score (nSPS) is 22.6. The maximum atomic E-state index is 12.9. The molecule has 0 aromatic carbocycles. The molecule has 3 rings (SSSR count). The van der Waals surface area contributed by atoms with Crippen molar-refractivity contribution in [2.75, 3.05) is 91.6 Å². The molecule has 60 heavy (non-hydrogen) atoms. The zero-order chi connectivity index (χ0) is 44.4. The van der Waals surface area contributed by atoms with E-state index in [1.807, 2.05) is 0 Å². The van der Waals surface area contributed by atoms with Crippen LogP contribution in [0.5, 0.6) is 0 Å². The highest BCUT2D eigenvalue weighted by atomic mass is 16.4. The number of carboxylic acids is 4. The molecule has 9 N–H and O–H groups in total. The average Bonchev–Trinajstić information content (AvgIpc) is 3.68. The third kappa shape index (κ3) is 17.7. The highest BCUT2D eigenvalue weighted by molar-refractivity contribution is 6.43. The van der Waals surface area contributed by atoms with Crippen LogP contribution in [0.15, 0.2) is 0 Å². The summed E-state index contributed by atoms with van der Waals surface area (Å²) in [5.74, 6) is -6.72. The Morgan fingerprint density at radius 3 is 1.63 bits per heavy atom. The lowest BCUT2D eigenvalue weighted by atomic mass is 9.77. The van der Waals surface area contributed by atoms with Gasteiger partial charge in [-0.05, 0) is 57.8 Å². The van der Waals surface area contributed by atoms with Crippen LogP contribution >= 0.6 is 0 Å². The Bertz CT molecular complexity index is 1450. The van der Waals surface area contributed by atoms with E-state index in [9.17, 15) is 68.8 Å². The summed E-state index contributed by atoms with van der Waals surface area (Å²) < 4.78 is 0. The number of amides is 4. The summed E-state index contributed by atoms with van der Waals surface area (Å²) >= 11 is 0. The van der Waals surface area contributed by atoms with Gasteiger partial charge in [-0.15, -0.1) is 0 Å². The fourth-order valence-corrected chi connectivity index (χ4v) is 8.04. The maximum absolute atomic E-state index is 12.9. The first-order valence-electron chi connectivity index (χ1n) is 20.7. The summed E-state index contributed by atoms with van der Waals surface area (Å²) in [5, 5.41) is 65.9. The predicted molar refractivity (Wildman–Crippen MR) is 213 cm³/mol. The number of nitrogens with one attached hydrogen (secondary N) is 3. The van der Waals surface area contributed by atoms with E-state index in [-0.39, 0.29) is 127 Å². The molecule has 22 nitrogen and oxygen atoms in total. The molecule has 0 aromatic rings. The summed E-state index contributed by atoms with van der Waals surface area (Å²) in [5.41, 5.74) is 0. The topological polar surface area (TPSA) is 310 Å². The van der Waals surface area contributed by atoms with Crippen molar-refractivity contribution in [3.05, 3.63) is 0 Å². The number of hydrogen-bond acceptors (Lipinski definition) is 14. The summed E-state index contributed by atoms with van der Waals surface area (Å²) in [6.07, 6.45) is 3.35. The van der Waals surface area contributed by atoms with Crippen LogP contribution in [0.1, 0.15) is 64.7 Å². The van der Waals surface area contributed by atoms with E-state index in [1.54, 1.807) is 26.5 Å². The smallest absolute Gasteiger partial charge is 0.475 e. The molecule has 0 bridgehead atoms. The van der Waals surface area contributed by atoms with Gasteiger partial charge >= 0.3 is 31.0 Å². The van der Waals surface area contributed by atoms with Crippen molar-refractivity contribution < 1.29 is 68.8 Å². The van der Waals surface area contributed by atoms with E-state index < -0.39 is 54.9 Å². The van der Waals surface area contributed by atoms with Gasteiger partial charge in [0.2, 0.25) is 23.6 Å². The number of carboxylic acid groups (broad SMARTS) is 4. The monoisotopic (exact) mass is 854 g/mol. The van der Waals surface area contributed by atoms with Crippen LogP contribution in [-0.2, 0) is 38.4 Å². The fourth-order valence-electron chi connectivity index (χ4n) is 8.04. The van der Waals surface area contributed by atoms with Gasteiger partial charge < -0.3 is 51.3 Å². The molecule has 0 unspecified atom stereocenters. The van der Waals surface area contributed by atoms with Crippen molar-refractivity contribution in [2.45, 2.75) is 82.7 Å². The first kappa shape index (κ1) is 49.9. The van der Waals surface area contributed by atoms with Gasteiger partial charge in [-0.25, -0.2) is 0 Å². The molecule has 3 fully saturated rings. The van der Waals surface area contributed by atoms with E-state index in [0.29, 0.717) is 51.6 Å². The Morgan fingerprint density at radius 2 is 1.15 bits per heavy atom. The second-order valence-corrected chi connectivity index (χ2v) is 15.9. The zero-order valence-corrected chi connectivity index (χ0v) is 34.4. The van der Waals surface area contributed by atoms with E-state index in [2.05, 4.69) is 16.0 Å². The van der Waals surface area contributed by atoms with Crippen LogP contribution in [0.4, 0.5) is 0 Å². The summed E-state index contributed by atoms with van der Waals surface area (Å²) in [4.78, 5) is 106. The van der Waals surface area contributed by atoms with Crippen molar-refractivity contribution >= 4 is 54.6 Å². The van der Waals surface area contributed by atoms with Gasteiger partial charge in [0.25, 0.3) is 0 Å². The molecule has 1 saturated carbocycles. The Morgan fingerprint density at radius 1 is 0.650 bits per heavy atom. The molecule has 3 atom stereocenters. The molecular formula is C37H63BN8O14. The van der Waals surface area contributed by atoms with Crippen molar-refractivity contribution in [1.29, 1.82) is 0 Å². The SMILES string of the molecule is C[C@@H](NC(=O)[C@H]1CC[C@H](CNC(=O)CCNC(=O)CC[C@H](C(=O)O)N2CCN(CC(=O)O)CCN(CC(=O)O)CCN(CC(=O)O)CC2)CC1)C(=O)N1CCC[C@H]1B(O)O. The first-order chi connectivity index (χ1) is 28.4. The molecule has 338 valence electrons. The second kappa shape index (κ2) is 25.4. The Kier molecular flexibility index (Phi) is 21.1. The average molecular weight is 855 g/mol. The number of hydrogen-bond donors (Lipinski definition) is 9. The van der Waals surface area contributed by atoms with Gasteiger partial charge in [0.05, 0.1) is 25.6 Å². The van der Waals surface area contributed by atoms with Gasteiger partial charge in [0, 0.05) is 90.8 Å². The lowest BCUT2D eigenvalue weighted by molar-refractivity contribution is -0.145. The van der Waals surface area contributed by atoms with E-state index >= 15 is 0 Å². The van der Waals surface area contributed by atoms with E-state index in [4.69, 9.17) is 0 Å². The third-order valence-corrected chi connectivity index (χ3v) is 11.5. The van der Waals surface area contributed by atoms with Crippen LogP contribution in [0, 0.1) is 11.8 Å². The molecule has 23 heteroatoms. The minimum atomic E-state index is -1.64. The lowest BCUT2D eigenvalue weighted by Gasteiger charge is -2.35. The van der Waals surface area contributed by atoms with Crippen LogP contribution in [0.25, 0.3) is 0 Å². The van der Waals surface area contributed by atoms with E-state index in [1.165, 1.54) is 4.90 Å². The van der Waals surface area contributed by atoms with Crippen LogP contribution < -0.4 is 16.0 Å². The highest BCUT2D eigenvalue weighted by Crippen LogP contribution is 2.29. The van der Waals surface area contributed by atoms with Crippen molar-refractivity contribution in [1.82, 2.24) is 40.4 Å². The van der Waals surface area contributed by atoms with Crippen molar-refractivity contribution in [2.24, 2.45) is 11.8 Å². The van der Waals surface area contributed by atoms with Crippen LogP contribution in [-0.4, -0.2) is 219 Å². The molecule has 0 spiro atoms. The summed E-state index contributed by atoms with van der Waals surface area (Å²) in [6, 6.07) is -1.97. The fraction of sp³-hybridized carbons (Fsp3) is 0.784. The molecule has 2 saturated heterocycles. The van der Waals surface area contributed by atoms with E-state index in [0.717, 1.165) is 0 Å². The standard InChI is InChI=1S/C37H63BN8O14/c1-25(36(56)46-12-2-3-29(46)38(59)60)41-35(55)27-6-4-26(5-7-27)21-40-31(48)10-11-39-30(47)9-8-28(37(57)58)45-19-17-43(23-33(51)52)15-13-42(22-32(49)50)14-16-44(18-20-45)24-34(53)54/h25-29,59-60H,2-24H2,1H3,(H,39,47)(H,40,48)(H,41,55)(H,49,50)(H,51,52)(H,53,54)(H,57,58)/t25-,26-,27-,28-,29+/m1/s1. The Hall–Kier alpha value is -4.42. The molecule has 0 aromatic heterocycles. The molecule has 0 radical (unpaired) electrons. The number of likely N-dealkylation sites (tertiary alicyclic amines) is 1. The third-order valence-electron chi connectivity index (χ3n) is 11.5. The zero-order valence-electron chi connectivity index (χ0n) is 34.4. The molecule has 2 heterocycles. The van der Waals surface area contributed by atoms with Gasteiger partial charge in [-0.3, -0.25) is 58.0 Å². The van der Waals surface area contributed by atoms with Crippen LogP contribution in [0.3, 0.4) is 0 Å². The van der Waals surface area contributed by atoms with Gasteiger partial charge in [-0.2, -0.15) is 0 Å². The molecule has 1 aliphatic carbocycles. The lowest BCUT2D eigenvalue weighted by Crippen LogP contribution is -2.53. The van der Waals surface area contributed by atoms with Gasteiger partial charge in [0.15, 0.2) is 0 Å². The summed E-state index contributed by atoms with van der Waals surface area (Å²) in [7, 11) is -1.64. The minimum Gasteiger partial charge on any atom is -0.480 e. The minimum absolute atomic E-state index is 0.0125. The van der Waals surface area contributed by atoms with Crippen molar-refractivity contribution in [3.8, 4) is 0 Å². The van der Waals surface area contributed by atoms with Gasteiger partial charge in [0.1, 0.15) is 12.1 Å². The molecule has 4 amide bonds. The Labute approximate surface area is 349 Å². The number of rotatable bonds is 20. The molecular weight excluding hydrogens is 791 g/mol. The number of carbonyl (C=O) groups excluding carboxylic acids is 4. The number of aliphatic carboxylic acids is 4.